The zero-order valence-electron chi connectivity index (χ0n) is 12.0. The Morgan fingerprint density at radius 1 is 1.00 bits per heavy atom. The van der Waals surface area contributed by atoms with Crippen LogP contribution >= 0.6 is 11.6 Å². The lowest BCUT2D eigenvalue weighted by molar-refractivity contribution is 0.171. The van der Waals surface area contributed by atoms with E-state index in [-0.39, 0.29) is 0 Å². The standard InChI is InChI=1S/C17H18ClNO2/c1-12-2-4-13(5-3-12)10-19-11-14-8-15(18)17-16(9-14)20-6-7-21-17/h2-5,8-9,19H,6-7,10-11H2,1H3. The van der Waals surface area contributed by atoms with Crippen LogP contribution in [0.3, 0.4) is 0 Å². The summed E-state index contributed by atoms with van der Waals surface area (Å²) in [5, 5.41) is 4.03. The molecule has 0 saturated carbocycles. The summed E-state index contributed by atoms with van der Waals surface area (Å²) < 4.78 is 11.1. The molecule has 0 saturated heterocycles. The minimum Gasteiger partial charge on any atom is -0.486 e. The van der Waals surface area contributed by atoms with Crippen LogP contribution in [0.25, 0.3) is 0 Å². The maximum absolute atomic E-state index is 6.23. The van der Waals surface area contributed by atoms with Gasteiger partial charge in [0.25, 0.3) is 0 Å². The van der Waals surface area contributed by atoms with Gasteiger partial charge < -0.3 is 14.8 Å². The number of rotatable bonds is 4. The molecule has 0 bridgehead atoms. The molecule has 1 aliphatic heterocycles. The number of benzene rings is 2. The second-order valence-corrected chi connectivity index (χ2v) is 5.60. The Morgan fingerprint density at radius 2 is 1.71 bits per heavy atom. The molecule has 2 aromatic carbocycles. The van der Waals surface area contributed by atoms with Gasteiger partial charge in [0.15, 0.2) is 11.5 Å². The van der Waals surface area contributed by atoms with Gasteiger partial charge in [0.2, 0.25) is 0 Å². The van der Waals surface area contributed by atoms with Crippen LogP contribution in [-0.4, -0.2) is 13.2 Å². The molecule has 1 heterocycles. The first-order valence-corrected chi connectivity index (χ1v) is 7.44. The van der Waals surface area contributed by atoms with Crippen LogP contribution in [0.15, 0.2) is 36.4 Å². The van der Waals surface area contributed by atoms with E-state index in [4.69, 9.17) is 21.1 Å². The molecule has 1 N–H and O–H groups in total. The summed E-state index contributed by atoms with van der Waals surface area (Å²) in [6, 6.07) is 12.4. The van der Waals surface area contributed by atoms with E-state index < -0.39 is 0 Å². The zero-order valence-corrected chi connectivity index (χ0v) is 12.7. The summed E-state index contributed by atoms with van der Waals surface area (Å²) in [5.41, 5.74) is 3.64. The first-order chi connectivity index (χ1) is 10.2. The largest absolute Gasteiger partial charge is 0.486 e. The minimum absolute atomic E-state index is 0.553. The molecule has 0 fully saturated rings. The summed E-state index contributed by atoms with van der Waals surface area (Å²) in [5.74, 6) is 1.39. The van der Waals surface area contributed by atoms with Crippen LogP contribution in [-0.2, 0) is 13.1 Å². The molecule has 21 heavy (non-hydrogen) atoms. The summed E-state index contributed by atoms with van der Waals surface area (Å²) in [7, 11) is 0. The Kier molecular flexibility index (Phi) is 4.32. The van der Waals surface area contributed by atoms with Crippen LogP contribution in [0.1, 0.15) is 16.7 Å². The van der Waals surface area contributed by atoms with Crippen molar-refractivity contribution in [2.75, 3.05) is 13.2 Å². The summed E-state index contributed by atoms with van der Waals surface area (Å²) >= 11 is 6.23. The highest BCUT2D eigenvalue weighted by Gasteiger charge is 2.16. The Labute approximate surface area is 129 Å². The van der Waals surface area contributed by atoms with Crippen molar-refractivity contribution < 1.29 is 9.47 Å². The van der Waals surface area contributed by atoms with Gasteiger partial charge in [-0.2, -0.15) is 0 Å². The molecule has 0 aromatic heterocycles. The second kappa shape index (κ2) is 6.37. The second-order valence-electron chi connectivity index (χ2n) is 5.19. The summed E-state index contributed by atoms with van der Waals surface area (Å²) in [6.45, 7) is 4.78. The number of halogens is 1. The predicted octanol–water partition coefficient (Wildman–Crippen LogP) is 3.71. The fourth-order valence-corrected chi connectivity index (χ4v) is 2.61. The van der Waals surface area contributed by atoms with E-state index in [0.29, 0.717) is 24.0 Å². The van der Waals surface area contributed by atoms with Crippen molar-refractivity contribution >= 4 is 11.6 Å². The molecule has 0 spiro atoms. The van der Waals surface area contributed by atoms with E-state index >= 15 is 0 Å². The third-order valence-electron chi connectivity index (χ3n) is 3.44. The summed E-state index contributed by atoms with van der Waals surface area (Å²) in [6.07, 6.45) is 0. The van der Waals surface area contributed by atoms with Crippen LogP contribution in [0.2, 0.25) is 5.02 Å². The lowest BCUT2D eigenvalue weighted by atomic mass is 10.1. The molecule has 0 radical (unpaired) electrons. The SMILES string of the molecule is Cc1ccc(CNCc2cc(Cl)c3c(c2)OCCO3)cc1. The highest BCUT2D eigenvalue weighted by atomic mass is 35.5. The van der Waals surface area contributed by atoms with E-state index in [2.05, 4.69) is 36.5 Å². The Balaban J connectivity index is 1.63. The first kappa shape index (κ1) is 14.2. The molecular weight excluding hydrogens is 286 g/mol. The molecule has 0 atom stereocenters. The molecule has 1 aliphatic rings. The smallest absolute Gasteiger partial charge is 0.179 e. The fraction of sp³-hybridized carbons (Fsp3) is 0.294. The molecule has 2 aromatic rings. The topological polar surface area (TPSA) is 30.5 Å². The molecule has 3 nitrogen and oxygen atoms in total. The van der Waals surface area contributed by atoms with Gasteiger partial charge in [-0.1, -0.05) is 41.4 Å². The minimum atomic E-state index is 0.553. The quantitative estimate of drug-likeness (QED) is 0.934. The third kappa shape index (κ3) is 3.49. The van der Waals surface area contributed by atoms with E-state index in [9.17, 15) is 0 Å². The lowest BCUT2D eigenvalue weighted by Crippen LogP contribution is -2.17. The molecule has 0 aliphatic carbocycles. The Bertz CT molecular complexity index is 625. The van der Waals surface area contributed by atoms with Gasteiger partial charge in [-0.3, -0.25) is 0 Å². The van der Waals surface area contributed by atoms with E-state index in [1.54, 1.807) is 0 Å². The molecule has 3 rings (SSSR count). The average Bonchev–Trinajstić information content (AvgIpc) is 2.49. The Hall–Kier alpha value is -1.71. The predicted molar refractivity (Wildman–Crippen MR) is 84.2 cm³/mol. The number of aryl methyl sites for hydroxylation is 1. The molecule has 4 heteroatoms. The molecule has 0 unspecified atom stereocenters. The number of fused-ring (bicyclic) bond motifs is 1. The summed E-state index contributed by atoms with van der Waals surface area (Å²) in [4.78, 5) is 0. The molecular formula is C17H18ClNO2. The molecule has 0 amide bonds. The maximum Gasteiger partial charge on any atom is 0.179 e. The van der Waals surface area contributed by atoms with Gasteiger partial charge in [0, 0.05) is 13.1 Å². The number of nitrogens with one attached hydrogen (secondary N) is 1. The highest BCUT2D eigenvalue weighted by molar-refractivity contribution is 6.32. The number of hydrogen-bond acceptors (Lipinski definition) is 3. The number of ether oxygens (including phenoxy) is 2. The third-order valence-corrected chi connectivity index (χ3v) is 3.72. The van der Waals surface area contributed by atoms with Gasteiger partial charge in [-0.25, -0.2) is 0 Å². The monoisotopic (exact) mass is 303 g/mol. The lowest BCUT2D eigenvalue weighted by Gasteiger charge is -2.20. The fourth-order valence-electron chi connectivity index (χ4n) is 2.32. The van der Waals surface area contributed by atoms with Crippen LogP contribution in [0.4, 0.5) is 0 Å². The van der Waals surface area contributed by atoms with Crippen molar-refractivity contribution in [1.82, 2.24) is 5.32 Å². The highest BCUT2D eigenvalue weighted by Crippen LogP contribution is 2.38. The van der Waals surface area contributed by atoms with E-state index in [0.717, 1.165) is 24.4 Å². The van der Waals surface area contributed by atoms with Crippen LogP contribution < -0.4 is 14.8 Å². The van der Waals surface area contributed by atoms with Crippen molar-refractivity contribution in [2.45, 2.75) is 20.0 Å². The first-order valence-electron chi connectivity index (χ1n) is 7.06. The van der Waals surface area contributed by atoms with Crippen molar-refractivity contribution in [3.05, 3.63) is 58.1 Å². The van der Waals surface area contributed by atoms with Crippen molar-refractivity contribution in [3.63, 3.8) is 0 Å². The van der Waals surface area contributed by atoms with Crippen molar-refractivity contribution in [2.24, 2.45) is 0 Å². The van der Waals surface area contributed by atoms with Gasteiger partial charge >= 0.3 is 0 Å². The molecule has 110 valence electrons. The van der Waals surface area contributed by atoms with E-state index in [1.807, 2.05) is 12.1 Å². The van der Waals surface area contributed by atoms with Gasteiger partial charge in [0.1, 0.15) is 13.2 Å². The van der Waals surface area contributed by atoms with Crippen molar-refractivity contribution in [3.8, 4) is 11.5 Å². The Morgan fingerprint density at radius 3 is 2.52 bits per heavy atom. The normalized spacial score (nSPS) is 13.2. The van der Waals surface area contributed by atoms with Gasteiger partial charge in [-0.15, -0.1) is 0 Å². The van der Waals surface area contributed by atoms with Gasteiger partial charge in [0.05, 0.1) is 5.02 Å². The van der Waals surface area contributed by atoms with Crippen LogP contribution in [0, 0.1) is 6.92 Å². The average molecular weight is 304 g/mol. The van der Waals surface area contributed by atoms with Crippen LogP contribution in [0.5, 0.6) is 11.5 Å². The van der Waals surface area contributed by atoms with Crippen molar-refractivity contribution in [1.29, 1.82) is 0 Å². The maximum atomic E-state index is 6.23. The van der Waals surface area contributed by atoms with Gasteiger partial charge in [-0.05, 0) is 30.2 Å². The number of hydrogen-bond donors (Lipinski definition) is 1. The zero-order chi connectivity index (χ0) is 14.7. The van der Waals surface area contributed by atoms with E-state index in [1.165, 1.54) is 11.1 Å².